The number of rotatable bonds is 4. The lowest BCUT2D eigenvalue weighted by atomic mass is 10.3. The van der Waals surface area contributed by atoms with Crippen LogP contribution in [-0.4, -0.2) is 55.3 Å². The van der Waals surface area contributed by atoms with Crippen molar-refractivity contribution in [2.24, 2.45) is 5.73 Å². The summed E-state index contributed by atoms with van der Waals surface area (Å²) in [5.41, 5.74) is 5.49. The molecule has 1 saturated heterocycles. The predicted octanol–water partition coefficient (Wildman–Crippen LogP) is 1.10. The number of halogens is 1. The molecule has 5 nitrogen and oxygen atoms in total. The maximum atomic E-state index is 12.4. The number of hydrogen-bond acceptors (Lipinski definition) is 5. The molecule has 19 heavy (non-hydrogen) atoms. The van der Waals surface area contributed by atoms with E-state index in [1.165, 1.54) is 15.6 Å². The Morgan fingerprint density at radius 1 is 1.42 bits per heavy atom. The molecule has 2 heterocycles. The number of hydrogen-bond donors (Lipinski definition) is 1. The molecule has 0 radical (unpaired) electrons. The van der Waals surface area contributed by atoms with E-state index in [-0.39, 0.29) is 0 Å². The van der Waals surface area contributed by atoms with Gasteiger partial charge in [-0.2, -0.15) is 4.31 Å². The van der Waals surface area contributed by atoms with Crippen LogP contribution in [0.15, 0.2) is 20.1 Å². The lowest BCUT2D eigenvalue weighted by molar-refractivity contribution is 0.210. The highest BCUT2D eigenvalue weighted by atomic mass is 79.9. The molecule has 2 rings (SSSR count). The molecule has 9 heteroatoms. The van der Waals surface area contributed by atoms with E-state index in [0.717, 1.165) is 0 Å². The molecule has 0 atom stereocenters. The van der Waals surface area contributed by atoms with Crippen LogP contribution in [-0.2, 0) is 10.0 Å². The van der Waals surface area contributed by atoms with E-state index in [9.17, 15) is 8.42 Å². The summed E-state index contributed by atoms with van der Waals surface area (Å²) in [4.78, 5) is 2.51. The Labute approximate surface area is 130 Å². The molecule has 1 aromatic rings. The number of thiocarbonyl (C=S) groups is 1. The number of piperazine rings is 1. The van der Waals surface area contributed by atoms with Gasteiger partial charge in [-0.05, 0) is 27.4 Å². The summed E-state index contributed by atoms with van der Waals surface area (Å²) in [5, 5.41) is 1.76. The minimum Gasteiger partial charge on any atom is -0.392 e. The van der Waals surface area contributed by atoms with Gasteiger partial charge in [0, 0.05) is 37.2 Å². The fourth-order valence-corrected chi connectivity index (χ4v) is 5.98. The van der Waals surface area contributed by atoms with Crippen molar-refractivity contribution in [3.63, 3.8) is 0 Å². The quantitative estimate of drug-likeness (QED) is 0.788. The van der Waals surface area contributed by atoms with Gasteiger partial charge in [0.25, 0.3) is 10.0 Å². The van der Waals surface area contributed by atoms with Crippen molar-refractivity contribution in [2.45, 2.75) is 4.21 Å². The van der Waals surface area contributed by atoms with Crippen molar-refractivity contribution >= 4 is 54.5 Å². The maximum Gasteiger partial charge on any atom is 0.253 e. The predicted molar refractivity (Wildman–Crippen MR) is 84.0 cm³/mol. The summed E-state index contributed by atoms with van der Waals surface area (Å²) in [6.07, 6.45) is 0. The van der Waals surface area contributed by atoms with Gasteiger partial charge in [0.15, 0.2) is 0 Å². The summed E-state index contributed by atoms with van der Waals surface area (Å²) in [5.74, 6) is 0. The van der Waals surface area contributed by atoms with Gasteiger partial charge in [-0.1, -0.05) is 12.2 Å². The summed E-state index contributed by atoms with van der Waals surface area (Å²) >= 11 is 9.37. The smallest absolute Gasteiger partial charge is 0.253 e. The average Bonchev–Trinajstić information content (AvgIpc) is 2.76. The van der Waals surface area contributed by atoms with Crippen LogP contribution in [0.1, 0.15) is 0 Å². The molecule has 2 N–H and O–H groups in total. The van der Waals surface area contributed by atoms with Gasteiger partial charge >= 0.3 is 0 Å². The van der Waals surface area contributed by atoms with E-state index in [1.54, 1.807) is 11.4 Å². The molecular formula is C10H14BrN3O2S3. The Morgan fingerprint density at radius 2 is 2.05 bits per heavy atom. The maximum absolute atomic E-state index is 12.4. The fourth-order valence-electron chi connectivity index (χ4n) is 1.93. The molecule has 0 spiro atoms. The van der Waals surface area contributed by atoms with Crippen molar-refractivity contribution in [3.05, 3.63) is 15.9 Å². The van der Waals surface area contributed by atoms with Crippen molar-refractivity contribution in [1.29, 1.82) is 0 Å². The first kappa shape index (κ1) is 15.3. The van der Waals surface area contributed by atoms with E-state index in [4.69, 9.17) is 18.0 Å². The summed E-state index contributed by atoms with van der Waals surface area (Å²) < 4.78 is 27.4. The second-order valence-corrected chi connectivity index (χ2v) is 8.63. The van der Waals surface area contributed by atoms with Gasteiger partial charge in [0.1, 0.15) is 4.21 Å². The Bertz CT molecular complexity index is 564. The van der Waals surface area contributed by atoms with Crippen molar-refractivity contribution in [1.82, 2.24) is 9.21 Å². The van der Waals surface area contributed by atoms with Crippen LogP contribution in [0.25, 0.3) is 0 Å². The van der Waals surface area contributed by atoms with Gasteiger partial charge in [0.2, 0.25) is 0 Å². The third-order valence-corrected chi connectivity index (χ3v) is 7.54. The van der Waals surface area contributed by atoms with Crippen LogP contribution in [0.4, 0.5) is 0 Å². The second kappa shape index (κ2) is 6.15. The van der Waals surface area contributed by atoms with Crippen LogP contribution in [0.2, 0.25) is 0 Å². The van der Waals surface area contributed by atoms with Gasteiger partial charge in [-0.15, -0.1) is 11.3 Å². The highest BCUT2D eigenvalue weighted by Crippen LogP contribution is 2.30. The monoisotopic (exact) mass is 383 g/mol. The van der Waals surface area contributed by atoms with E-state index in [0.29, 0.717) is 46.4 Å². The van der Waals surface area contributed by atoms with Crippen LogP contribution >= 0.6 is 39.5 Å². The Morgan fingerprint density at radius 3 is 2.53 bits per heavy atom. The number of nitrogens with zero attached hydrogens (tertiary/aromatic N) is 2. The van der Waals surface area contributed by atoms with Gasteiger partial charge in [-0.3, -0.25) is 4.90 Å². The number of thiophene rings is 1. The van der Waals surface area contributed by atoms with Crippen LogP contribution < -0.4 is 5.73 Å². The molecule has 0 aromatic carbocycles. The first-order valence-corrected chi connectivity index (χ1v) is 9.17. The van der Waals surface area contributed by atoms with Gasteiger partial charge in [-0.25, -0.2) is 8.42 Å². The molecule has 0 unspecified atom stereocenters. The number of sulfonamides is 1. The van der Waals surface area contributed by atoms with Crippen molar-refractivity contribution in [2.75, 3.05) is 32.7 Å². The lowest BCUT2D eigenvalue weighted by Crippen LogP contribution is -2.50. The SMILES string of the molecule is NC(=S)CN1CCN(S(=O)(=O)c2sccc2Br)CC1. The zero-order valence-electron chi connectivity index (χ0n) is 10.1. The fraction of sp³-hybridized carbons (Fsp3) is 0.500. The molecule has 1 fully saturated rings. The second-order valence-electron chi connectivity index (χ2n) is 4.20. The Hall–Kier alpha value is -0.0600. The molecular weight excluding hydrogens is 370 g/mol. The zero-order valence-corrected chi connectivity index (χ0v) is 14.1. The highest BCUT2D eigenvalue weighted by molar-refractivity contribution is 9.10. The molecule has 1 aromatic heterocycles. The van der Waals surface area contributed by atoms with Crippen LogP contribution in [0, 0.1) is 0 Å². The Kier molecular flexibility index (Phi) is 4.96. The standard InChI is InChI=1S/C10H14BrN3O2S3/c11-8-1-6-18-10(8)19(15,16)14-4-2-13(3-5-14)7-9(12)17/h1,6H,2-5,7H2,(H2,12,17). The van der Waals surface area contributed by atoms with Crippen LogP contribution in [0.5, 0.6) is 0 Å². The van der Waals surface area contributed by atoms with E-state index >= 15 is 0 Å². The summed E-state index contributed by atoms with van der Waals surface area (Å²) in [6, 6.07) is 1.75. The van der Waals surface area contributed by atoms with Crippen LogP contribution in [0.3, 0.4) is 0 Å². The summed E-state index contributed by atoms with van der Waals surface area (Å²) in [6.45, 7) is 2.79. The van der Waals surface area contributed by atoms with Crippen molar-refractivity contribution in [3.8, 4) is 0 Å². The topological polar surface area (TPSA) is 66.6 Å². The Balaban J connectivity index is 2.05. The summed E-state index contributed by atoms with van der Waals surface area (Å²) in [7, 11) is -3.39. The van der Waals surface area contributed by atoms with E-state index < -0.39 is 10.0 Å². The molecule has 0 amide bonds. The molecule has 0 aliphatic carbocycles. The van der Waals surface area contributed by atoms with Crippen molar-refractivity contribution < 1.29 is 8.42 Å². The highest BCUT2D eigenvalue weighted by Gasteiger charge is 2.30. The molecule has 106 valence electrons. The minimum absolute atomic E-state index is 0.371. The molecule has 0 saturated carbocycles. The molecule has 1 aliphatic heterocycles. The molecule has 1 aliphatic rings. The largest absolute Gasteiger partial charge is 0.392 e. The lowest BCUT2D eigenvalue weighted by Gasteiger charge is -2.33. The van der Waals surface area contributed by atoms with Gasteiger partial charge < -0.3 is 5.73 Å². The first-order chi connectivity index (χ1) is 8.91. The van der Waals surface area contributed by atoms with E-state index in [1.807, 2.05) is 0 Å². The zero-order chi connectivity index (χ0) is 14.0. The number of nitrogens with two attached hydrogens (primary N) is 1. The van der Waals surface area contributed by atoms with Gasteiger partial charge in [0.05, 0.1) is 4.99 Å². The minimum atomic E-state index is -3.39. The van der Waals surface area contributed by atoms with E-state index in [2.05, 4.69) is 20.8 Å². The third-order valence-electron chi connectivity index (χ3n) is 2.87. The third kappa shape index (κ3) is 3.53. The normalized spacial score (nSPS) is 18.6. The first-order valence-electron chi connectivity index (χ1n) is 5.65. The molecule has 0 bridgehead atoms. The average molecular weight is 384 g/mol.